The maximum Gasteiger partial charge on any atom is 0.169 e. The molecule has 0 spiro atoms. The highest BCUT2D eigenvalue weighted by Crippen LogP contribution is 2.37. The van der Waals surface area contributed by atoms with Gasteiger partial charge < -0.3 is 0 Å². The van der Waals surface area contributed by atoms with Gasteiger partial charge in [0.25, 0.3) is 0 Å². The van der Waals surface area contributed by atoms with E-state index in [-0.39, 0.29) is 0 Å². The second kappa shape index (κ2) is 3.66. The van der Waals surface area contributed by atoms with Crippen molar-refractivity contribution in [2.24, 2.45) is 0 Å². The lowest BCUT2D eigenvalue weighted by Gasteiger charge is -2.25. The fraction of sp³-hybridized carbons (Fsp3) is 0.333. The minimum Gasteiger partial charge on any atom is -0.296 e. The molecule has 4 heteroatoms. The lowest BCUT2D eigenvalue weighted by molar-refractivity contribution is 0.487. The Hall–Kier alpha value is 0.0500. The van der Waals surface area contributed by atoms with Crippen molar-refractivity contribution in [1.82, 2.24) is 4.48 Å². The third-order valence-electron chi connectivity index (χ3n) is 1.65. The van der Waals surface area contributed by atoms with E-state index < -0.39 is 0 Å². The molecule has 72 valence electrons. The zero-order valence-electron chi connectivity index (χ0n) is 7.74. The summed E-state index contributed by atoms with van der Waals surface area (Å²) in [7, 11) is 6.00. The largest absolute Gasteiger partial charge is 0.296 e. The maximum atomic E-state index is 6.03. The van der Waals surface area contributed by atoms with E-state index in [9.17, 15) is 0 Å². The molecule has 13 heavy (non-hydrogen) atoms. The predicted octanol–water partition coefficient (Wildman–Crippen LogP) is 3.84. The summed E-state index contributed by atoms with van der Waals surface area (Å²) in [6.07, 6.45) is 0. The van der Waals surface area contributed by atoms with Gasteiger partial charge in [0.05, 0.1) is 21.1 Å². The van der Waals surface area contributed by atoms with Crippen LogP contribution in [0.3, 0.4) is 0 Å². The number of hydrogen-bond donors (Lipinski definition) is 0. The smallest absolute Gasteiger partial charge is 0.169 e. The van der Waals surface area contributed by atoms with Gasteiger partial charge in [-0.3, -0.25) is 4.48 Å². The fourth-order valence-electron chi connectivity index (χ4n) is 1.18. The molecule has 1 aromatic rings. The average molecular weight is 240 g/mol. The molecule has 1 rings (SSSR count). The van der Waals surface area contributed by atoms with Gasteiger partial charge in [-0.05, 0) is 12.1 Å². The van der Waals surface area contributed by atoms with Crippen LogP contribution in [-0.2, 0) is 0 Å². The lowest BCUT2D eigenvalue weighted by Crippen LogP contribution is -2.35. The monoisotopic (exact) mass is 238 g/mol. The van der Waals surface area contributed by atoms with Crippen LogP contribution in [-0.4, -0.2) is 21.1 Å². The quantitative estimate of drug-likeness (QED) is 0.653. The van der Waals surface area contributed by atoms with Crippen LogP contribution in [0.4, 0.5) is 5.69 Å². The minimum absolute atomic E-state index is 0.562. The van der Waals surface area contributed by atoms with Gasteiger partial charge in [0, 0.05) is 5.02 Å². The van der Waals surface area contributed by atoms with Crippen LogP contribution in [0.25, 0.3) is 0 Å². The number of rotatable bonds is 1. The molecular formula is C9H11Cl3N+. The Morgan fingerprint density at radius 2 is 1.31 bits per heavy atom. The zero-order valence-corrected chi connectivity index (χ0v) is 10.0. The van der Waals surface area contributed by atoms with Crippen molar-refractivity contribution in [3.05, 3.63) is 27.2 Å². The summed E-state index contributed by atoms with van der Waals surface area (Å²) in [4.78, 5) is 0. The van der Waals surface area contributed by atoms with Crippen LogP contribution < -0.4 is 4.48 Å². The number of halogens is 3. The first-order valence-corrected chi connectivity index (χ1v) is 4.92. The van der Waals surface area contributed by atoms with E-state index in [1.54, 1.807) is 12.1 Å². The number of nitrogens with zero attached hydrogens (tertiary/aromatic N) is 1. The van der Waals surface area contributed by atoms with E-state index in [1.807, 2.05) is 21.1 Å². The first-order chi connectivity index (χ1) is 5.82. The summed E-state index contributed by atoms with van der Waals surface area (Å²) in [6, 6.07) is 3.40. The molecule has 0 radical (unpaired) electrons. The number of benzene rings is 1. The third-order valence-corrected chi connectivity index (χ3v) is 2.45. The van der Waals surface area contributed by atoms with Crippen molar-refractivity contribution >= 4 is 40.5 Å². The van der Waals surface area contributed by atoms with Crippen molar-refractivity contribution < 1.29 is 0 Å². The van der Waals surface area contributed by atoms with Crippen LogP contribution in [0.2, 0.25) is 15.1 Å². The van der Waals surface area contributed by atoms with Crippen LogP contribution in [0.5, 0.6) is 0 Å². The zero-order chi connectivity index (χ0) is 10.2. The van der Waals surface area contributed by atoms with E-state index in [1.165, 1.54) is 0 Å². The molecule has 0 unspecified atom stereocenters. The van der Waals surface area contributed by atoms with Gasteiger partial charge in [0.15, 0.2) is 5.69 Å². The molecule has 0 amide bonds. The lowest BCUT2D eigenvalue weighted by atomic mass is 10.3. The second-order valence-corrected chi connectivity index (χ2v) is 4.98. The van der Waals surface area contributed by atoms with Crippen LogP contribution in [0.15, 0.2) is 12.1 Å². The third kappa shape index (κ3) is 2.50. The highest BCUT2D eigenvalue weighted by Gasteiger charge is 2.21. The summed E-state index contributed by atoms with van der Waals surface area (Å²) < 4.78 is 0.578. The standard InChI is InChI=1S/C9H11Cl3N/c1-13(2,3)9-7(11)4-6(10)5-8(9)12/h4-5H,1-3H3/q+1. The summed E-state index contributed by atoms with van der Waals surface area (Å²) in [5, 5.41) is 1.77. The molecule has 0 saturated carbocycles. The molecule has 0 bridgehead atoms. The van der Waals surface area contributed by atoms with Gasteiger partial charge in [-0.1, -0.05) is 34.8 Å². The van der Waals surface area contributed by atoms with Crippen LogP contribution >= 0.6 is 34.8 Å². The van der Waals surface area contributed by atoms with E-state index in [0.717, 1.165) is 5.69 Å². The van der Waals surface area contributed by atoms with E-state index >= 15 is 0 Å². The molecule has 0 saturated heterocycles. The average Bonchev–Trinajstić information content (AvgIpc) is 1.78. The molecule has 0 aliphatic carbocycles. The molecule has 0 fully saturated rings. The second-order valence-electron chi connectivity index (χ2n) is 3.73. The van der Waals surface area contributed by atoms with Gasteiger partial charge in [0.2, 0.25) is 0 Å². The van der Waals surface area contributed by atoms with E-state index in [0.29, 0.717) is 19.6 Å². The van der Waals surface area contributed by atoms with Gasteiger partial charge in [-0.2, -0.15) is 0 Å². The van der Waals surface area contributed by atoms with Crippen molar-refractivity contribution in [2.75, 3.05) is 21.1 Å². The maximum absolute atomic E-state index is 6.03. The molecule has 0 N–H and O–H groups in total. The Kier molecular flexibility index (Phi) is 3.13. The number of hydrogen-bond acceptors (Lipinski definition) is 0. The molecule has 0 atom stereocenters. The minimum atomic E-state index is 0.562. The number of quaternary nitrogens is 1. The van der Waals surface area contributed by atoms with Gasteiger partial charge >= 0.3 is 0 Å². The van der Waals surface area contributed by atoms with Crippen LogP contribution in [0.1, 0.15) is 0 Å². The fourth-order valence-corrected chi connectivity index (χ4v) is 2.50. The first-order valence-electron chi connectivity index (χ1n) is 3.79. The Balaban J connectivity index is 3.38. The molecule has 1 aromatic carbocycles. The molecule has 1 nitrogen and oxygen atoms in total. The Labute approximate surface area is 93.4 Å². The highest BCUT2D eigenvalue weighted by atomic mass is 35.5. The predicted molar refractivity (Wildman–Crippen MR) is 61.0 cm³/mol. The van der Waals surface area contributed by atoms with Crippen LogP contribution in [0, 0.1) is 0 Å². The molecule has 0 heterocycles. The SMILES string of the molecule is C[N+](C)(C)c1c(Cl)cc(Cl)cc1Cl. The van der Waals surface area contributed by atoms with E-state index in [2.05, 4.69) is 0 Å². The van der Waals surface area contributed by atoms with Crippen molar-refractivity contribution in [3.63, 3.8) is 0 Å². The molecule has 0 aliphatic heterocycles. The summed E-state index contributed by atoms with van der Waals surface area (Å²) in [5.74, 6) is 0. The van der Waals surface area contributed by atoms with Crippen molar-refractivity contribution in [1.29, 1.82) is 0 Å². The Morgan fingerprint density at radius 1 is 0.923 bits per heavy atom. The summed E-state index contributed by atoms with van der Waals surface area (Å²) in [6.45, 7) is 0. The van der Waals surface area contributed by atoms with E-state index in [4.69, 9.17) is 34.8 Å². The highest BCUT2D eigenvalue weighted by molar-refractivity contribution is 6.41. The first kappa shape index (κ1) is 11.1. The molecule has 0 aliphatic rings. The molecular weight excluding hydrogens is 228 g/mol. The Morgan fingerprint density at radius 3 is 1.62 bits per heavy atom. The molecule has 0 aromatic heterocycles. The summed E-state index contributed by atoms with van der Waals surface area (Å²) in [5.41, 5.74) is 0.882. The van der Waals surface area contributed by atoms with Gasteiger partial charge in [-0.25, -0.2) is 0 Å². The normalized spacial score (nSPS) is 11.8. The van der Waals surface area contributed by atoms with Gasteiger partial charge in [0.1, 0.15) is 10.0 Å². The van der Waals surface area contributed by atoms with Crippen molar-refractivity contribution in [2.45, 2.75) is 0 Å². The van der Waals surface area contributed by atoms with Gasteiger partial charge in [-0.15, -0.1) is 0 Å². The Bertz CT molecular complexity index is 305. The topological polar surface area (TPSA) is 0 Å². The summed E-state index contributed by atoms with van der Waals surface area (Å²) >= 11 is 17.9. The van der Waals surface area contributed by atoms with Crippen molar-refractivity contribution in [3.8, 4) is 0 Å².